The number of amides is 2. The molecular formula is C13H24N2O3. The lowest BCUT2D eigenvalue weighted by atomic mass is 10.0. The van der Waals surface area contributed by atoms with Crippen LogP contribution >= 0.6 is 0 Å². The number of nitrogens with one attached hydrogen (secondary N) is 2. The fraction of sp³-hybridized carbons (Fsp3) is 0.846. The highest BCUT2D eigenvalue weighted by Crippen LogP contribution is 2.24. The van der Waals surface area contributed by atoms with E-state index in [0.29, 0.717) is 12.3 Å². The number of hydrogen-bond acceptors (Lipinski definition) is 2. The van der Waals surface area contributed by atoms with Crippen LogP contribution in [0.15, 0.2) is 0 Å². The van der Waals surface area contributed by atoms with Gasteiger partial charge in [-0.1, -0.05) is 20.3 Å². The summed E-state index contributed by atoms with van der Waals surface area (Å²) < 4.78 is 0. The van der Waals surface area contributed by atoms with Gasteiger partial charge in [-0.15, -0.1) is 0 Å². The Kier molecular flexibility index (Phi) is 5.95. The van der Waals surface area contributed by atoms with Gasteiger partial charge in [-0.2, -0.15) is 0 Å². The Hall–Kier alpha value is -1.26. The SMILES string of the molecule is CCCC(CNC(=O)NC1CCC(C)C1)C(=O)O. The van der Waals surface area contributed by atoms with E-state index in [-0.39, 0.29) is 18.6 Å². The Morgan fingerprint density at radius 1 is 1.39 bits per heavy atom. The maximum absolute atomic E-state index is 11.6. The molecule has 1 aliphatic carbocycles. The standard InChI is InChI=1S/C13H24N2O3/c1-3-4-10(12(16)17)8-14-13(18)15-11-6-5-9(2)7-11/h9-11H,3-8H2,1-2H3,(H,16,17)(H2,14,15,18). The predicted octanol–water partition coefficient (Wildman–Crippen LogP) is 1.98. The summed E-state index contributed by atoms with van der Waals surface area (Å²) in [5.74, 6) is -0.656. The Morgan fingerprint density at radius 2 is 2.11 bits per heavy atom. The monoisotopic (exact) mass is 256 g/mol. The van der Waals surface area contributed by atoms with Crippen molar-refractivity contribution < 1.29 is 14.7 Å². The second-order valence-corrected chi connectivity index (χ2v) is 5.29. The molecule has 0 saturated heterocycles. The van der Waals surface area contributed by atoms with Gasteiger partial charge >= 0.3 is 12.0 Å². The Morgan fingerprint density at radius 3 is 2.61 bits per heavy atom. The van der Waals surface area contributed by atoms with Crippen LogP contribution in [0.3, 0.4) is 0 Å². The average molecular weight is 256 g/mol. The van der Waals surface area contributed by atoms with Crippen molar-refractivity contribution in [3.8, 4) is 0 Å². The fourth-order valence-corrected chi connectivity index (χ4v) is 2.45. The van der Waals surface area contributed by atoms with E-state index in [0.717, 1.165) is 25.7 Å². The summed E-state index contributed by atoms with van der Waals surface area (Å²) in [6.45, 7) is 4.33. The van der Waals surface area contributed by atoms with Gasteiger partial charge in [0.1, 0.15) is 0 Å². The number of carbonyl (C=O) groups is 2. The van der Waals surface area contributed by atoms with Gasteiger partial charge in [-0.25, -0.2) is 4.79 Å². The second kappa shape index (κ2) is 7.24. The summed E-state index contributed by atoms with van der Waals surface area (Å²) in [4.78, 5) is 22.5. The van der Waals surface area contributed by atoms with Crippen LogP contribution in [0.2, 0.25) is 0 Å². The predicted molar refractivity (Wildman–Crippen MR) is 69.4 cm³/mol. The summed E-state index contributed by atoms with van der Waals surface area (Å²) in [5, 5.41) is 14.5. The zero-order chi connectivity index (χ0) is 13.5. The third-order valence-corrected chi connectivity index (χ3v) is 3.53. The largest absolute Gasteiger partial charge is 0.481 e. The molecule has 0 aromatic rings. The van der Waals surface area contributed by atoms with Gasteiger partial charge in [0.2, 0.25) is 0 Å². The zero-order valence-corrected chi connectivity index (χ0v) is 11.2. The van der Waals surface area contributed by atoms with E-state index in [1.165, 1.54) is 0 Å². The van der Waals surface area contributed by atoms with E-state index in [1.54, 1.807) is 0 Å². The molecule has 104 valence electrons. The molecule has 3 unspecified atom stereocenters. The zero-order valence-electron chi connectivity index (χ0n) is 11.2. The van der Waals surface area contributed by atoms with E-state index in [2.05, 4.69) is 17.6 Å². The van der Waals surface area contributed by atoms with E-state index in [4.69, 9.17) is 5.11 Å². The van der Waals surface area contributed by atoms with Crippen LogP contribution in [0.5, 0.6) is 0 Å². The average Bonchev–Trinajstić information content (AvgIpc) is 2.69. The number of aliphatic carboxylic acids is 1. The van der Waals surface area contributed by atoms with Crippen LogP contribution in [0.1, 0.15) is 46.0 Å². The molecule has 3 atom stereocenters. The smallest absolute Gasteiger partial charge is 0.315 e. The molecule has 5 nitrogen and oxygen atoms in total. The lowest BCUT2D eigenvalue weighted by Gasteiger charge is -2.16. The third kappa shape index (κ3) is 4.94. The van der Waals surface area contributed by atoms with E-state index in [9.17, 15) is 9.59 Å². The molecule has 1 fully saturated rings. The highest BCUT2D eigenvalue weighted by atomic mass is 16.4. The lowest BCUT2D eigenvalue weighted by Crippen LogP contribution is -2.43. The Balaban J connectivity index is 2.25. The van der Waals surface area contributed by atoms with Crippen molar-refractivity contribution in [2.24, 2.45) is 11.8 Å². The first-order valence-corrected chi connectivity index (χ1v) is 6.80. The molecule has 0 aliphatic heterocycles. The summed E-state index contributed by atoms with van der Waals surface area (Å²) in [6, 6.07) is 0.00547. The molecular weight excluding hydrogens is 232 g/mol. The minimum absolute atomic E-state index is 0.206. The van der Waals surface area contributed by atoms with Crippen molar-refractivity contribution >= 4 is 12.0 Å². The summed E-state index contributed by atoms with van der Waals surface area (Å²) >= 11 is 0. The summed E-state index contributed by atoms with van der Waals surface area (Å²) in [6.07, 6.45) is 4.59. The number of urea groups is 1. The number of carboxylic acids is 1. The van der Waals surface area contributed by atoms with Crippen molar-refractivity contribution in [1.82, 2.24) is 10.6 Å². The molecule has 0 aromatic carbocycles. The number of carboxylic acid groups (broad SMARTS) is 1. The van der Waals surface area contributed by atoms with Gasteiger partial charge in [0.25, 0.3) is 0 Å². The fourth-order valence-electron chi connectivity index (χ4n) is 2.45. The van der Waals surface area contributed by atoms with E-state index in [1.807, 2.05) is 6.92 Å². The Labute approximate surface area is 108 Å². The highest BCUT2D eigenvalue weighted by Gasteiger charge is 2.23. The van der Waals surface area contributed by atoms with Crippen LogP contribution < -0.4 is 10.6 Å². The van der Waals surface area contributed by atoms with Crippen LogP contribution in [-0.2, 0) is 4.79 Å². The van der Waals surface area contributed by atoms with Crippen LogP contribution in [-0.4, -0.2) is 29.7 Å². The van der Waals surface area contributed by atoms with E-state index >= 15 is 0 Å². The molecule has 0 heterocycles. The minimum atomic E-state index is -0.841. The summed E-state index contributed by atoms with van der Waals surface area (Å²) in [5.41, 5.74) is 0. The number of carbonyl (C=O) groups excluding carboxylic acids is 1. The van der Waals surface area contributed by atoms with Crippen LogP contribution in [0.4, 0.5) is 4.79 Å². The summed E-state index contributed by atoms with van der Waals surface area (Å²) in [7, 11) is 0. The molecule has 3 N–H and O–H groups in total. The maximum atomic E-state index is 11.6. The van der Waals surface area contributed by atoms with Crippen molar-refractivity contribution in [3.05, 3.63) is 0 Å². The van der Waals surface area contributed by atoms with Gasteiger partial charge in [-0.05, 0) is 31.6 Å². The van der Waals surface area contributed by atoms with Gasteiger partial charge in [0.05, 0.1) is 5.92 Å². The van der Waals surface area contributed by atoms with Gasteiger partial charge in [0, 0.05) is 12.6 Å². The Bertz CT molecular complexity index is 294. The first kappa shape index (κ1) is 14.8. The van der Waals surface area contributed by atoms with Gasteiger partial charge < -0.3 is 15.7 Å². The normalized spacial score (nSPS) is 24.6. The third-order valence-electron chi connectivity index (χ3n) is 3.53. The highest BCUT2D eigenvalue weighted by molar-refractivity contribution is 5.76. The van der Waals surface area contributed by atoms with Crippen LogP contribution in [0.25, 0.3) is 0 Å². The molecule has 2 amide bonds. The number of rotatable bonds is 6. The topological polar surface area (TPSA) is 78.4 Å². The first-order chi connectivity index (χ1) is 8.52. The minimum Gasteiger partial charge on any atom is -0.481 e. The molecule has 1 rings (SSSR count). The van der Waals surface area contributed by atoms with Crippen LogP contribution in [0, 0.1) is 11.8 Å². The van der Waals surface area contributed by atoms with E-state index < -0.39 is 11.9 Å². The van der Waals surface area contributed by atoms with Gasteiger partial charge in [0.15, 0.2) is 0 Å². The lowest BCUT2D eigenvalue weighted by molar-refractivity contribution is -0.141. The number of hydrogen-bond donors (Lipinski definition) is 3. The quantitative estimate of drug-likeness (QED) is 0.680. The van der Waals surface area contributed by atoms with Crippen molar-refractivity contribution in [2.45, 2.75) is 52.0 Å². The maximum Gasteiger partial charge on any atom is 0.315 e. The molecule has 1 saturated carbocycles. The van der Waals surface area contributed by atoms with Crippen molar-refractivity contribution in [2.75, 3.05) is 6.54 Å². The van der Waals surface area contributed by atoms with Crippen molar-refractivity contribution in [3.63, 3.8) is 0 Å². The molecule has 18 heavy (non-hydrogen) atoms. The molecule has 0 aromatic heterocycles. The molecule has 1 aliphatic rings. The second-order valence-electron chi connectivity index (χ2n) is 5.29. The first-order valence-electron chi connectivity index (χ1n) is 6.80. The molecule has 0 bridgehead atoms. The van der Waals surface area contributed by atoms with Crippen molar-refractivity contribution in [1.29, 1.82) is 0 Å². The molecule has 5 heteroatoms. The van der Waals surface area contributed by atoms with Gasteiger partial charge in [-0.3, -0.25) is 4.79 Å². The molecule has 0 radical (unpaired) electrons. The molecule has 0 spiro atoms.